The number of nitro groups is 1. The number of carbonyl (C=O) groups is 2. The van der Waals surface area contributed by atoms with Crippen LogP contribution in [0.3, 0.4) is 0 Å². The van der Waals surface area contributed by atoms with Crippen LogP contribution in [-0.4, -0.2) is 41.9 Å². The molecule has 8 nitrogen and oxygen atoms in total. The molecule has 27 heavy (non-hydrogen) atoms. The van der Waals surface area contributed by atoms with E-state index in [4.69, 9.17) is 4.74 Å². The van der Waals surface area contributed by atoms with Gasteiger partial charge in [-0.25, -0.2) is 4.79 Å². The Morgan fingerprint density at radius 3 is 2.37 bits per heavy atom. The van der Waals surface area contributed by atoms with Crippen molar-refractivity contribution in [3.05, 3.63) is 56.9 Å². The third-order valence-corrected chi connectivity index (χ3v) is 4.42. The van der Waals surface area contributed by atoms with E-state index in [1.54, 1.807) is 25.1 Å². The highest BCUT2D eigenvalue weighted by atomic mass is 16.6. The van der Waals surface area contributed by atoms with Crippen LogP contribution in [0, 0.1) is 24.0 Å². The van der Waals surface area contributed by atoms with Crippen molar-refractivity contribution in [1.29, 1.82) is 0 Å². The number of Topliss-reactive ketones (excluding diaryl/α,β-unsaturated/α-hetero) is 1. The summed E-state index contributed by atoms with van der Waals surface area (Å²) in [6, 6.07) is 5.72. The maximum atomic E-state index is 12.5. The van der Waals surface area contributed by atoms with E-state index in [9.17, 15) is 19.7 Å². The quantitative estimate of drug-likeness (QED) is 0.320. The normalized spacial score (nSPS) is 10.6. The van der Waals surface area contributed by atoms with Gasteiger partial charge in [-0.3, -0.25) is 14.9 Å². The minimum atomic E-state index is -0.778. The summed E-state index contributed by atoms with van der Waals surface area (Å²) in [4.78, 5) is 37.0. The number of nitro benzene ring substituents is 1. The van der Waals surface area contributed by atoms with E-state index in [-0.39, 0.29) is 17.0 Å². The van der Waals surface area contributed by atoms with Crippen LogP contribution in [-0.2, 0) is 11.3 Å². The molecule has 0 aliphatic heterocycles. The summed E-state index contributed by atoms with van der Waals surface area (Å²) in [7, 11) is 3.42. The lowest BCUT2D eigenvalue weighted by molar-refractivity contribution is -0.384. The first kappa shape index (κ1) is 20.2. The number of anilines is 1. The van der Waals surface area contributed by atoms with Crippen molar-refractivity contribution in [1.82, 2.24) is 4.57 Å². The average molecular weight is 373 g/mol. The van der Waals surface area contributed by atoms with Gasteiger partial charge in [0, 0.05) is 49.7 Å². The highest BCUT2D eigenvalue weighted by Gasteiger charge is 2.21. The minimum Gasteiger partial charge on any atom is -0.454 e. The lowest BCUT2D eigenvalue weighted by Gasteiger charge is -2.16. The first-order valence-electron chi connectivity index (χ1n) is 8.50. The lowest BCUT2D eigenvalue weighted by Crippen LogP contribution is -2.19. The van der Waals surface area contributed by atoms with Crippen LogP contribution >= 0.6 is 0 Å². The predicted molar refractivity (Wildman–Crippen MR) is 102 cm³/mol. The largest absolute Gasteiger partial charge is 0.454 e. The van der Waals surface area contributed by atoms with Crippen molar-refractivity contribution >= 4 is 23.1 Å². The van der Waals surface area contributed by atoms with Gasteiger partial charge in [-0.1, -0.05) is 0 Å². The van der Waals surface area contributed by atoms with E-state index in [1.165, 1.54) is 12.1 Å². The Labute approximate surface area is 157 Å². The van der Waals surface area contributed by atoms with Crippen molar-refractivity contribution in [3.8, 4) is 0 Å². The van der Waals surface area contributed by atoms with Crippen LogP contribution in [0.1, 0.15) is 39.0 Å². The Hall–Kier alpha value is -3.16. The van der Waals surface area contributed by atoms with Gasteiger partial charge in [0.25, 0.3) is 5.69 Å². The molecule has 1 aromatic carbocycles. The van der Waals surface area contributed by atoms with Gasteiger partial charge in [0.05, 0.1) is 16.2 Å². The maximum absolute atomic E-state index is 12.5. The molecule has 1 heterocycles. The molecular formula is C19H23N3O5. The number of carbonyl (C=O) groups excluding carboxylic acids is 2. The Bertz CT molecular complexity index is 899. The Kier molecular flexibility index (Phi) is 5.99. The molecular weight excluding hydrogens is 350 g/mol. The van der Waals surface area contributed by atoms with Crippen molar-refractivity contribution < 1.29 is 19.2 Å². The Balaban J connectivity index is 2.21. The summed E-state index contributed by atoms with van der Waals surface area (Å²) in [5.74, 6) is -1.09. The molecule has 0 fully saturated rings. The molecule has 0 N–H and O–H groups in total. The molecule has 0 spiro atoms. The maximum Gasteiger partial charge on any atom is 0.340 e. The van der Waals surface area contributed by atoms with E-state index in [0.29, 0.717) is 11.3 Å². The second-order valence-corrected chi connectivity index (χ2v) is 6.38. The zero-order valence-corrected chi connectivity index (χ0v) is 16.1. The second kappa shape index (κ2) is 8.03. The zero-order chi connectivity index (χ0) is 20.3. The molecule has 0 amide bonds. The molecule has 0 radical (unpaired) electrons. The molecule has 0 atom stereocenters. The summed E-state index contributed by atoms with van der Waals surface area (Å²) in [6.07, 6.45) is 0. The van der Waals surface area contributed by atoms with Gasteiger partial charge in [-0.15, -0.1) is 0 Å². The first-order valence-corrected chi connectivity index (χ1v) is 8.50. The SMILES string of the molecule is CCn1c(C)cc(C(=O)COC(=O)c2cc([N+](=O)[O-])ccc2N(C)C)c1C. The van der Waals surface area contributed by atoms with Crippen LogP contribution in [0.15, 0.2) is 24.3 Å². The highest BCUT2D eigenvalue weighted by molar-refractivity contribution is 6.02. The highest BCUT2D eigenvalue weighted by Crippen LogP contribution is 2.25. The molecule has 0 saturated heterocycles. The fourth-order valence-electron chi connectivity index (χ4n) is 3.05. The zero-order valence-electron chi connectivity index (χ0n) is 16.1. The molecule has 0 saturated carbocycles. The number of ketones is 1. The van der Waals surface area contributed by atoms with Gasteiger partial charge in [0.2, 0.25) is 5.78 Å². The first-order chi connectivity index (χ1) is 12.7. The van der Waals surface area contributed by atoms with Gasteiger partial charge in [0.1, 0.15) is 0 Å². The second-order valence-electron chi connectivity index (χ2n) is 6.38. The molecule has 0 aliphatic carbocycles. The van der Waals surface area contributed by atoms with Crippen molar-refractivity contribution in [3.63, 3.8) is 0 Å². The topological polar surface area (TPSA) is 94.7 Å². The van der Waals surface area contributed by atoms with Gasteiger partial charge >= 0.3 is 5.97 Å². The number of aromatic nitrogens is 1. The number of rotatable bonds is 7. The van der Waals surface area contributed by atoms with Crippen molar-refractivity contribution in [2.45, 2.75) is 27.3 Å². The van der Waals surface area contributed by atoms with Gasteiger partial charge in [-0.2, -0.15) is 0 Å². The number of nitrogens with zero attached hydrogens (tertiary/aromatic N) is 3. The van der Waals surface area contributed by atoms with E-state index in [1.807, 2.05) is 25.3 Å². The molecule has 8 heteroatoms. The molecule has 0 bridgehead atoms. The van der Waals surface area contributed by atoms with E-state index in [0.717, 1.165) is 24.0 Å². The summed E-state index contributed by atoms with van der Waals surface area (Å²) in [5.41, 5.74) is 2.58. The Morgan fingerprint density at radius 1 is 1.19 bits per heavy atom. The molecule has 144 valence electrons. The molecule has 0 unspecified atom stereocenters. The molecule has 0 aliphatic rings. The van der Waals surface area contributed by atoms with Crippen LogP contribution in [0.5, 0.6) is 0 Å². The van der Waals surface area contributed by atoms with Crippen LogP contribution in [0.2, 0.25) is 0 Å². The molecule has 2 rings (SSSR count). The van der Waals surface area contributed by atoms with Gasteiger partial charge in [-0.05, 0) is 32.9 Å². The number of hydrogen-bond acceptors (Lipinski definition) is 6. The van der Waals surface area contributed by atoms with Crippen LogP contribution < -0.4 is 4.90 Å². The summed E-state index contributed by atoms with van der Waals surface area (Å²) in [6.45, 7) is 6.05. The van der Waals surface area contributed by atoms with Gasteiger partial charge < -0.3 is 14.2 Å². The smallest absolute Gasteiger partial charge is 0.340 e. The third kappa shape index (κ3) is 4.16. The monoisotopic (exact) mass is 373 g/mol. The predicted octanol–water partition coefficient (Wildman–Crippen LogP) is 3.14. The summed E-state index contributed by atoms with van der Waals surface area (Å²) >= 11 is 0. The van der Waals surface area contributed by atoms with Crippen molar-refractivity contribution in [2.75, 3.05) is 25.6 Å². The standard InChI is InChI=1S/C19H23N3O5/c1-6-21-12(2)9-15(13(21)3)18(23)11-27-19(24)16-10-14(22(25)26)7-8-17(16)20(4)5/h7-10H,6,11H2,1-5H3. The van der Waals surface area contributed by atoms with Crippen LogP contribution in [0.25, 0.3) is 0 Å². The lowest BCUT2D eigenvalue weighted by atomic mass is 10.1. The van der Waals surface area contributed by atoms with Gasteiger partial charge in [0.15, 0.2) is 6.61 Å². The minimum absolute atomic E-state index is 0.0426. The average Bonchev–Trinajstić information content (AvgIpc) is 2.92. The number of non-ortho nitro benzene ring substituents is 1. The molecule has 1 aromatic heterocycles. The fraction of sp³-hybridized carbons (Fsp3) is 0.368. The summed E-state index contributed by atoms with van der Waals surface area (Å²) < 4.78 is 7.16. The van der Waals surface area contributed by atoms with E-state index in [2.05, 4.69) is 0 Å². The summed E-state index contributed by atoms with van der Waals surface area (Å²) in [5, 5.41) is 11.0. The number of aryl methyl sites for hydroxylation is 1. The fourth-order valence-corrected chi connectivity index (χ4v) is 3.05. The third-order valence-electron chi connectivity index (χ3n) is 4.42. The van der Waals surface area contributed by atoms with E-state index < -0.39 is 17.5 Å². The number of benzene rings is 1. The number of ether oxygens (including phenoxy) is 1. The van der Waals surface area contributed by atoms with Crippen molar-refractivity contribution in [2.24, 2.45) is 0 Å². The number of esters is 1. The van der Waals surface area contributed by atoms with Crippen LogP contribution in [0.4, 0.5) is 11.4 Å². The van der Waals surface area contributed by atoms with E-state index >= 15 is 0 Å². The molecule has 2 aromatic rings. The number of hydrogen-bond donors (Lipinski definition) is 0. The Morgan fingerprint density at radius 2 is 1.85 bits per heavy atom.